The van der Waals surface area contributed by atoms with Crippen LogP contribution in [0.25, 0.3) is 0 Å². The number of halogens is 1. The average Bonchev–Trinajstić information content (AvgIpc) is 2.41. The van der Waals surface area contributed by atoms with Crippen molar-refractivity contribution in [2.45, 2.75) is 11.8 Å². The Labute approximate surface area is 117 Å². The largest absolute Gasteiger partial charge is 0.256 e. The number of rotatable bonds is 3. The van der Waals surface area contributed by atoms with E-state index < -0.39 is 0 Å². The maximum atomic E-state index is 6.07. The van der Waals surface area contributed by atoms with Gasteiger partial charge in [0.25, 0.3) is 0 Å². The second kappa shape index (κ2) is 6.07. The van der Waals surface area contributed by atoms with Gasteiger partial charge in [0.15, 0.2) is 0 Å². The highest BCUT2D eigenvalue weighted by molar-refractivity contribution is 7.98. The summed E-state index contributed by atoms with van der Waals surface area (Å²) in [5.74, 6) is 0. The van der Waals surface area contributed by atoms with E-state index >= 15 is 0 Å². The lowest BCUT2D eigenvalue weighted by molar-refractivity contribution is 1.41. The molecule has 2 aromatic carbocycles. The van der Waals surface area contributed by atoms with E-state index in [2.05, 4.69) is 23.4 Å². The van der Waals surface area contributed by atoms with Crippen LogP contribution in [0.4, 0.5) is 5.69 Å². The molecule has 0 heterocycles. The molecule has 0 N–H and O–H groups in total. The third kappa shape index (κ3) is 3.15. The van der Waals surface area contributed by atoms with Gasteiger partial charge in [0, 0.05) is 16.1 Å². The predicted octanol–water partition coefficient (Wildman–Crippen LogP) is 5.12. The van der Waals surface area contributed by atoms with Crippen LogP contribution in [-0.2, 0) is 0 Å². The monoisotopic (exact) mass is 275 g/mol. The van der Waals surface area contributed by atoms with Crippen molar-refractivity contribution in [1.29, 1.82) is 0 Å². The van der Waals surface area contributed by atoms with Gasteiger partial charge in [0.2, 0.25) is 0 Å². The number of aliphatic imine (C=N–C) groups is 1. The summed E-state index contributed by atoms with van der Waals surface area (Å²) in [4.78, 5) is 5.70. The number of hydrogen-bond donors (Lipinski definition) is 0. The van der Waals surface area contributed by atoms with E-state index in [-0.39, 0.29) is 0 Å². The van der Waals surface area contributed by atoms with Gasteiger partial charge in [0.1, 0.15) is 0 Å². The van der Waals surface area contributed by atoms with Gasteiger partial charge in [-0.1, -0.05) is 23.7 Å². The lowest BCUT2D eigenvalue weighted by Gasteiger charge is -2.02. The van der Waals surface area contributed by atoms with Gasteiger partial charge in [0.05, 0.1) is 5.69 Å². The molecule has 0 unspecified atom stereocenters. The van der Waals surface area contributed by atoms with Crippen LogP contribution in [0.15, 0.2) is 52.4 Å². The lowest BCUT2D eigenvalue weighted by atomic mass is 10.1. The van der Waals surface area contributed by atoms with Crippen molar-refractivity contribution in [1.82, 2.24) is 0 Å². The van der Waals surface area contributed by atoms with Crippen molar-refractivity contribution >= 4 is 35.3 Å². The Morgan fingerprint density at radius 1 is 1.11 bits per heavy atom. The summed E-state index contributed by atoms with van der Waals surface area (Å²) in [6.45, 7) is 2.00. The molecule has 0 bridgehead atoms. The summed E-state index contributed by atoms with van der Waals surface area (Å²) in [6.07, 6.45) is 3.92. The fraction of sp³-hybridized carbons (Fsp3) is 0.133. The van der Waals surface area contributed by atoms with Crippen LogP contribution in [0.5, 0.6) is 0 Å². The summed E-state index contributed by atoms with van der Waals surface area (Å²) < 4.78 is 0. The van der Waals surface area contributed by atoms with Crippen LogP contribution in [0.3, 0.4) is 0 Å². The number of thioether (sulfide) groups is 1. The Hall–Kier alpha value is -1.25. The standard InChI is InChI=1S/C15H14ClNS/c1-11-12(4-3-5-15(11)16)10-17-13-6-8-14(18-2)9-7-13/h3-10H,1-2H3. The molecule has 0 radical (unpaired) electrons. The summed E-state index contributed by atoms with van der Waals surface area (Å²) in [7, 11) is 0. The Bertz CT molecular complexity index is 561. The van der Waals surface area contributed by atoms with E-state index in [1.807, 2.05) is 43.5 Å². The molecule has 0 amide bonds. The minimum Gasteiger partial charge on any atom is -0.256 e. The molecule has 92 valence electrons. The Morgan fingerprint density at radius 3 is 2.50 bits per heavy atom. The molecule has 0 fully saturated rings. The summed E-state index contributed by atoms with van der Waals surface area (Å²) in [5.41, 5.74) is 3.06. The zero-order chi connectivity index (χ0) is 13.0. The third-order valence-corrected chi connectivity index (χ3v) is 3.89. The Morgan fingerprint density at radius 2 is 1.83 bits per heavy atom. The molecule has 2 rings (SSSR count). The number of benzene rings is 2. The average molecular weight is 276 g/mol. The second-order valence-electron chi connectivity index (χ2n) is 3.91. The molecular formula is C15H14ClNS. The van der Waals surface area contributed by atoms with Crippen LogP contribution >= 0.6 is 23.4 Å². The van der Waals surface area contributed by atoms with Gasteiger partial charge in [-0.3, -0.25) is 4.99 Å². The fourth-order valence-electron chi connectivity index (χ4n) is 1.58. The van der Waals surface area contributed by atoms with Crippen molar-refractivity contribution in [2.24, 2.45) is 4.99 Å². The molecule has 3 heteroatoms. The highest BCUT2D eigenvalue weighted by atomic mass is 35.5. The summed E-state index contributed by atoms with van der Waals surface area (Å²) in [6, 6.07) is 14.0. The molecule has 2 aromatic rings. The fourth-order valence-corrected chi connectivity index (χ4v) is 2.17. The normalized spacial score (nSPS) is 11.1. The van der Waals surface area contributed by atoms with Gasteiger partial charge < -0.3 is 0 Å². The molecule has 0 aliphatic carbocycles. The zero-order valence-corrected chi connectivity index (χ0v) is 11.9. The minimum absolute atomic E-state index is 0.775. The molecular weight excluding hydrogens is 262 g/mol. The van der Waals surface area contributed by atoms with E-state index in [0.717, 1.165) is 21.8 Å². The van der Waals surface area contributed by atoms with Crippen molar-refractivity contribution < 1.29 is 0 Å². The van der Waals surface area contributed by atoms with E-state index in [9.17, 15) is 0 Å². The number of nitrogens with zero attached hydrogens (tertiary/aromatic N) is 1. The quantitative estimate of drug-likeness (QED) is 0.559. The lowest BCUT2D eigenvalue weighted by Crippen LogP contribution is -1.86. The first-order valence-corrected chi connectivity index (χ1v) is 7.24. The number of hydrogen-bond acceptors (Lipinski definition) is 2. The van der Waals surface area contributed by atoms with E-state index in [1.54, 1.807) is 11.8 Å². The molecule has 1 nitrogen and oxygen atoms in total. The van der Waals surface area contributed by atoms with Gasteiger partial charge in [-0.15, -0.1) is 11.8 Å². The molecule has 0 aromatic heterocycles. The highest BCUT2D eigenvalue weighted by Crippen LogP contribution is 2.21. The summed E-state index contributed by atoms with van der Waals surface area (Å²) in [5, 5.41) is 0.775. The molecule has 0 aliphatic rings. The zero-order valence-electron chi connectivity index (χ0n) is 10.4. The first-order chi connectivity index (χ1) is 8.70. The maximum absolute atomic E-state index is 6.07. The van der Waals surface area contributed by atoms with Crippen molar-refractivity contribution in [3.05, 3.63) is 58.6 Å². The predicted molar refractivity (Wildman–Crippen MR) is 81.7 cm³/mol. The smallest absolute Gasteiger partial charge is 0.0630 e. The summed E-state index contributed by atoms with van der Waals surface area (Å²) >= 11 is 7.80. The Balaban J connectivity index is 2.21. The van der Waals surface area contributed by atoms with E-state index in [0.29, 0.717) is 0 Å². The third-order valence-electron chi connectivity index (χ3n) is 2.73. The van der Waals surface area contributed by atoms with Crippen molar-refractivity contribution in [3.63, 3.8) is 0 Å². The van der Waals surface area contributed by atoms with Gasteiger partial charge in [-0.25, -0.2) is 0 Å². The van der Waals surface area contributed by atoms with Crippen molar-refractivity contribution in [3.8, 4) is 0 Å². The van der Waals surface area contributed by atoms with E-state index in [4.69, 9.17) is 11.6 Å². The van der Waals surface area contributed by atoms with Crippen LogP contribution in [-0.4, -0.2) is 12.5 Å². The first kappa shape index (κ1) is 13.2. The molecule has 0 atom stereocenters. The van der Waals surface area contributed by atoms with Crippen LogP contribution in [0.1, 0.15) is 11.1 Å². The Kier molecular flexibility index (Phi) is 4.45. The van der Waals surface area contributed by atoms with Crippen LogP contribution in [0, 0.1) is 6.92 Å². The molecule has 0 saturated heterocycles. The minimum atomic E-state index is 0.775. The van der Waals surface area contributed by atoms with Gasteiger partial charge in [-0.2, -0.15) is 0 Å². The molecule has 0 aliphatic heterocycles. The molecule has 18 heavy (non-hydrogen) atoms. The SMILES string of the molecule is CSc1ccc(N=Cc2cccc(Cl)c2C)cc1. The van der Waals surface area contributed by atoms with Crippen LogP contribution in [0.2, 0.25) is 5.02 Å². The molecule has 0 saturated carbocycles. The molecule has 0 spiro atoms. The van der Waals surface area contributed by atoms with Crippen molar-refractivity contribution in [2.75, 3.05) is 6.26 Å². The highest BCUT2D eigenvalue weighted by Gasteiger charge is 1.99. The second-order valence-corrected chi connectivity index (χ2v) is 5.20. The van der Waals surface area contributed by atoms with Crippen LogP contribution < -0.4 is 0 Å². The van der Waals surface area contributed by atoms with Gasteiger partial charge >= 0.3 is 0 Å². The first-order valence-electron chi connectivity index (χ1n) is 5.64. The van der Waals surface area contributed by atoms with E-state index in [1.165, 1.54) is 4.90 Å². The van der Waals surface area contributed by atoms with Gasteiger partial charge in [-0.05, 0) is 54.6 Å². The topological polar surface area (TPSA) is 12.4 Å². The maximum Gasteiger partial charge on any atom is 0.0630 e.